The van der Waals surface area contributed by atoms with Crippen LogP contribution in [-0.2, 0) is 0 Å². The maximum absolute atomic E-state index is 5.75. The number of hydrogen-bond acceptors (Lipinski definition) is 6. The summed E-state index contributed by atoms with van der Waals surface area (Å²) in [4.78, 5) is 14.4. The number of nitrogens with two attached hydrogens (primary N) is 1. The van der Waals surface area contributed by atoms with E-state index < -0.39 is 0 Å². The molecule has 1 aromatic carbocycles. The van der Waals surface area contributed by atoms with Crippen molar-refractivity contribution in [3.05, 3.63) is 55.1 Å². The quantitative estimate of drug-likeness (QED) is 0.605. The van der Waals surface area contributed by atoms with E-state index in [1.54, 1.807) is 18.6 Å². The largest absolute Gasteiger partial charge is 0.382 e. The van der Waals surface area contributed by atoms with Gasteiger partial charge in [-0.3, -0.25) is 4.98 Å². The molecule has 4 aromatic rings. The van der Waals surface area contributed by atoms with Crippen molar-refractivity contribution < 1.29 is 0 Å². The zero-order valence-electron chi connectivity index (χ0n) is 11.5. The second kappa shape index (κ2) is 4.88. The number of hydrogen-bond donors (Lipinski definition) is 1. The lowest BCUT2D eigenvalue weighted by Crippen LogP contribution is -2.07. The van der Waals surface area contributed by atoms with Gasteiger partial charge in [0.25, 0.3) is 0 Å². The third-order valence-corrected chi connectivity index (χ3v) is 3.26. The van der Waals surface area contributed by atoms with Crippen molar-refractivity contribution in [3.63, 3.8) is 0 Å². The molecule has 0 spiro atoms. The van der Waals surface area contributed by atoms with Gasteiger partial charge < -0.3 is 5.73 Å². The minimum absolute atomic E-state index is 0.318. The van der Waals surface area contributed by atoms with E-state index in [0.29, 0.717) is 17.3 Å². The molecule has 3 aromatic heterocycles. The molecule has 0 atom stereocenters. The Balaban J connectivity index is 1.94. The maximum atomic E-state index is 5.75. The molecule has 7 nitrogen and oxygen atoms in total. The molecule has 22 heavy (non-hydrogen) atoms. The molecule has 4 rings (SSSR count). The van der Waals surface area contributed by atoms with E-state index >= 15 is 0 Å². The average Bonchev–Trinajstić information content (AvgIpc) is 3.09. The summed E-state index contributed by atoms with van der Waals surface area (Å²) in [7, 11) is 0. The smallest absolute Gasteiger partial charge is 0.202 e. The Kier molecular flexibility index (Phi) is 2.75. The number of pyridine rings is 1. The third-order valence-electron chi connectivity index (χ3n) is 3.26. The fourth-order valence-corrected chi connectivity index (χ4v) is 2.28. The standard InChI is InChI=1S/C15H11N7/c16-13-9-18-14(15(21-13)22-19-6-7-20-22)11-3-4-12-10(8-11)2-1-5-17-12/h1-9H,(H2,16,21). The zero-order valence-corrected chi connectivity index (χ0v) is 11.5. The van der Waals surface area contributed by atoms with Gasteiger partial charge in [-0.2, -0.15) is 10.2 Å². The van der Waals surface area contributed by atoms with Crippen molar-refractivity contribution in [2.45, 2.75) is 0 Å². The van der Waals surface area contributed by atoms with E-state index in [2.05, 4.69) is 25.1 Å². The van der Waals surface area contributed by atoms with Crippen LogP contribution in [0.15, 0.2) is 55.1 Å². The normalized spacial score (nSPS) is 10.9. The summed E-state index contributed by atoms with van der Waals surface area (Å²) in [6, 6.07) is 9.81. The van der Waals surface area contributed by atoms with Gasteiger partial charge in [-0.1, -0.05) is 12.1 Å². The lowest BCUT2D eigenvalue weighted by Gasteiger charge is -2.08. The molecule has 0 saturated carbocycles. The number of nitrogens with zero attached hydrogens (tertiary/aromatic N) is 6. The van der Waals surface area contributed by atoms with Gasteiger partial charge in [0, 0.05) is 17.1 Å². The van der Waals surface area contributed by atoms with Gasteiger partial charge in [-0.15, -0.1) is 4.80 Å². The van der Waals surface area contributed by atoms with Crippen LogP contribution in [0.1, 0.15) is 0 Å². The Morgan fingerprint density at radius 3 is 2.68 bits per heavy atom. The molecule has 0 aliphatic rings. The zero-order chi connectivity index (χ0) is 14.9. The third kappa shape index (κ3) is 2.05. The highest BCUT2D eigenvalue weighted by Gasteiger charge is 2.13. The van der Waals surface area contributed by atoms with Gasteiger partial charge >= 0.3 is 0 Å². The summed E-state index contributed by atoms with van der Waals surface area (Å²) in [5.74, 6) is 0.812. The number of benzene rings is 1. The number of aromatic nitrogens is 6. The first-order valence-corrected chi connectivity index (χ1v) is 6.65. The summed E-state index contributed by atoms with van der Waals surface area (Å²) in [6.07, 6.45) is 6.46. The maximum Gasteiger partial charge on any atom is 0.202 e. The van der Waals surface area contributed by atoms with Crippen LogP contribution in [-0.4, -0.2) is 29.9 Å². The predicted molar refractivity (Wildman–Crippen MR) is 82.1 cm³/mol. The van der Waals surface area contributed by atoms with Crippen molar-refractivity contribution in [2.75, 3.05) is 5.73 Å². The molecular formula is C15H11N7. The Morgan fingerprint density at radius 2 is 1.82 bits per heavy atom. The molecule has 0 bridgehead atoms. The molecule has 0 aliphatic heterocycles. The second-order valence-electron chi connectivity index (χ2n) is 4.70. The summed E-state index contributed by atoms with van der Waals surface area (Å²) >= 11 is 0. The van der Waals surface area contributed by atoms with Crippen LogP contribution >= 0.6 is 0 Å². The molecule has 0 unspecified atom stereocenters. The van der Waals surface area contributed by atoms with E-state index in [4.69, 9.17) is 5.73 Å². The summed E-state index contributed by atoms with van der Waals surface area (Å²) in [6.45, 7) is 0. The molecule has 0 radical (unpaired) electrons. The fourth-order valence-electron chi connectivity index (χ4n) is 2.28. The van der Waals surface area contributed by atoms with Crippen LogP contribution in [0.2, 0.25) is 0 Å². The van der Waals surface area contributed by atoms with Gasteiger partial charge in [0.05, 0.1) is 24.1 Å². The first-order valence-electron chi connectivity index (χ1n) is 6.65. The number of fused-ring (bicyclic) bond motifs is 1. The Labute approximate surface area is 125 Å². The number of anilines is 1. The van der Waals surface area contributed by atoms with E-state index in [0.717, 1.165) is 16.5 Å². The van der Waals surface area contributed by atoms with Crippen molar-refractivity contribution >= 4 is 16.7 Å². The molecule has 2 N–H and O–H groups in total. The van der Waals surface area contributed by atoms with Gasteiger partial charge in [-0.05, 0) is 18.2 Å². The Hall–Kier alpha value is -3.35. The molecule has 0 aliphatic carbocycles. The predicted octanol–water partition coefficient (Wildman–Crippen LogP) is 1.85. The summed E-state index contributed by atoms with van der Waals surface area (Å²) < 4.78 is 0. The Morgan fingerprint density at radius 1 is 0.955 bits per heavy atom. The topological polar surface area (TPSA) is 95.4 Å². The van der Waals surface area contributed by atoms with E-state index in [1.165, 1.54) is 11.0 Å². The highest BCUT2D eigenvalue weighted by molar-refractivity contribution is 5.84. The van der Waals surface area contributed by atoms with Crippen LogP contribution in [0.25, 0.3) is 28.0 Å². The van der Waals surface area contributed by atoms with Crippen molar-refractivity contribution in [2.24, 2.45) is 0 Å². The van der Waals surface area contributed by atoms with Crippen LogP contribution in [0, 0.1) is 0 Å². The highest BCUT2D eigenvalue weighted by Crippen LogP contribution is 2.25. The average molecular weight is 289 g/mol. The first kappa shape index (κ1) is 12.4. The molecule has 0 saturated heterocycles. The van der Waals surface area contributed by atoms with Crippen molar-refractivity contribution in [1.29, 1.82) is 0 Å². The number of rotatable bonds is 2. The molecule has 0 amide bonds. The molecule has 106 valence electrons. The fraction of sp³-hybridized carbons (Fsp3) is 0. The highest BCUT2D eigenvalue weighted by atomic mass is 15.5. The lowest BCUT2D eigenvalue weighted by atomic mass is 10.1. The number of nitrogen functional groups attached to an aromatic ring is 1. The van der Waals surface area contributed by atoms with Crippen LogP contribution in [0.4, 0.5) is 5.82 Å². The minimum Gasteiger partial charge on any atom is -0.382 e. The second-order valence-corrected chi connectivity index (χ2v) is 4.70. The monoisotopic (exact) mass is 289 g/mol. The molecular weight excluding hydrogens is 278 g/mol. The van der Waals surface area contributed by atoms with E-state index in [-0.39, 0.29) is 0 Å². The molecule has 0 fully saturated rings. The van der Waals surface area contributed by atoms with Crippen molar-refractivity contribution in [3.8, 4) is 17.1 Å². The van der Waals surface area contributed by atoms with E-state index in [9.17, 15) is 0 Å². The van der Waals surface area contributed by atoms with Gasteiger partial charge in [-0.25, -0.2) is 9.97 Å². The lowest BCUT2D eigenvalue weighted by molar-refractivity contribution is 0.728. The van der Waals surface area contributed by atoms with Crippen LogP contribution < -0.4 is 5.73 Å². The summed E-state index contributed by atoms with van der Waals surface area (Å²) in [5.41, 5.74) is 8.24. The van der Waals surface area contributed by atoms with Crippen molar-refractivity contribution in [1.82, 2.24) is 29.9 Å². The molecule has 7 heteroatoms. The SMILES string of the molecule is Nc1cnc(-c2ccc3ncccc3c2)c(-n2nccn2)n1. The first-order chi connectivity index (χ1) is 10.8. The van der Waals surface area contributed by atoms with Crippen LogP contribution in [0.3, 0.4) is 0 Å². The van der Waals surface area contributed by atoms with Gasteiger partial charge in [0.1, 0.15) is 11.5 Å². The minimum atomic E-state index is 0.318. The van der Waals surface area contributed by atoms with Crippen LogP contribution in [0.5, 0.6) is 0 Å². The summed E-state index contributed by atoms with van der Waals surface area (Å²) in [5, 5.41) is 9.25. The van der Waals surface area contributed by atoms with Gasteiger partial charge in [0.2, 0.25) is 5.82 Å². The van der Waals surface area contributed by atoms with Gasteiger partial charge in [0.15, 0.2) is 0 Å². The molecule has 3 heterocycles. The van der Waals surface area contributed by atoms with E-state index in [1.807, 2.05) is 30.3 Å². The Bertz CT molecular complexity index is 947.